The largest absolute Gasteiger partial charge is 0.281 e. The fourth-order valence-electron chi connectivity index (χ4n) is 1.63. The van der Waals surface area contributed by atoms with Crippen LogP contribution in [0.25, 0.3) is 0 Å². The quantitative estimate of drug-likeness (QED) is 0.685. The van der Waals surface area contributed by atoms with Crippen LogP contribution in [0.2, 0.25) is 0 Å². The third kappa shape index (κ3) is 2.16. The van der Waals surface area contributed by atoms with Gasteiger partial charge < -0.3 is 0 Å². The molecule has 76 valence electrons. The number of hydrogen-bond donors (Lipinski definition) is 0. The average Bonchev–Trinajstić information content (AvgIpc) is 2.10. The van der Waals surface area contributed by atoms with Crippen molar-refractivity contribution in [2.45, 2.75) is 34.1 Å². The molecule has 0 heterocycles. The van der Waals surface area contributed by atoms with E-state index in [1.165, 1.54) is 22.3 Å². The maximum Gasteiger partial charge on any atom is 0.226 e. The summed E-state index contributed by atoms with van der Waals surface area (Å²) in [6.07, 6.45) is 0.329. The summed E-state index contributed by atoms with van der Waals surface area (Å²) in [5, 5.41) is -0.296. The van der Waals surface area contributed by atoms with Crippen molar-refractivity contribution < 1.29 is 4.79 Å². The maximum absolute atomic E-state index is 10.8. The van der Waals surface area contributed by atoms with E-state index in [4.69, 9.17) is 11.6 Å². The Morgan fingerprint density at radius 3 is 2.21 bits per heavy atom. The first-order valence-corrected chi connectivity index (χ1v) is 5.06. The van der Waals surface area contributed by atoms with Crippen LogP contribution in [0, 0.1) is 27.7 Å². The Balaban J connectivity index is 3.25. The first kappa shape index (κ1) is 11.3. The molecule has 0 radical (unpaired) electrons. The second-order valence-electron chi connectivity index (χ2n) is 3.76. The average molecular weight is 211 g/mol. The van der Waals surface area contributed by atoms with Crippen LogP contribution in [0.15, 0.2) is 6.07 Å². The molecule has 0 saturated heterocycles. The summed E-state index contributed by atoms with van der Waals surface area (Å²) in [7, 11) is 0. The van der Waals surface area contributed by atoms with Gasteiger partial charge in [0.25, 0.3) is 0 Å². The van der Waals surface area contributed by atoms with E-state index in [-0.39, 0.29) is 5.24 Å². The molecule has 0 fully saturated rings. The molecule has 0 bridgehead atoms. The molecule has 1 aromatic rings. The molecule has 0 atom stereocenters. The summed E-state index contributed by atoms with van der Waals surface area (Å²) in [6, 6.07) is 2.05. The monoisotopic (exact) mass is 210 g/mol. The Bertz CT molecular complexity index is 380. The van der Waals surface area contributed by atoms with Gasteiger partial charge in [0.1, 0.15) is 0 Å². The lowest BCUT2D eigenvalue weighted by atomic mass is 9.93. The molecule has 0 aliphatic carbocycles. The summed E-state index contributed by atoms with van der Waals surface area (Å²) < 4.78 is 0. The molecule has 1 nitrogen and oxygen atoms in total. The number of rotatable bonds is 2. The highest BCUT2D eigenvalue weighted by atomic mass is 35.5. The molecule has 1 rings (SSSR count). The van der Waals surface area contributed by atoms with Crippen molar-refractivity contribution in [3.05, 3.63) is 33.9 Å². The molecule has 0 amide bonds. The third-order valence-electron chi connectivity index (χ3n) is 2.92. The van der Waals surface area contributed by atoms with Gasteiger partial charge in [0.15, 0.2) is 0 Å². The fraction of sp³-hybridized carbons (Fsp3) is 0.417. The molecule has 0 aliphatic heterocycles. The third-order valence-corrected chi connectivity index (χ3v) is 3.05. The molecule has 0 spiro atoms. The topological polar surface area (TPSA) is 17.1 Å². The van der Waals surface area contributed by atoms with Gasteiger partial charge in [-0.2, -0.15) is 0 Å². The van der Waals surface area contributed by atoms with E-state index in [0.717, 1.165) is 5.56 Å². The van der Waals surface area contributed by atoms with Gasteiger partial charge in [-0.25, -0.2) is 0 Å². The number of carbonyl (C=O) groups excluding carboxylic acids is 1. The summed E-state index contributed by atoms with van der Waals surface area (Å²) >= 11 is 5.39. The van der Waals surface area contributed by atoms with E-state index in [1.54, 1.807) is 0 Å². The van der Waals surface area contributed by atoms with Crippen LogP contribution in [0.3, 0.4) is 0 Å². The normalized spacial score (nSPS) is 10.4. The molecule has 0 aromatic heterocycles. The predicted octanol–water partition coefficient (Wildman–Crippen LogP) is 3.23. The van der Waals surface area contributed by atoms with Crippen molar-refractivity contribution in [3.8, 4) is 0 Å². The van der Waals surface area contributed by atoms with Gasteiger partial charge in [0.2, 0.25) is 5.24 Å². The maximum atomic E-state index is 10.8. The van der Waals surface area contributed by atoms with E-state index in [9.17, 15) is 4.79 Å². The summed E-state index contributed by atoms with van der Waals surface area (Å²) in [4.78, 5) is 10.8. The van der Waals surface area contributed by atoms with Gasteiger partial charge in [0.05, 0.1) is 0 Å². The minimum atomic E-state index is -0.296. The highest BCUT2D eigenvalue weighted by molar-refractivity contribution is 6.63. The SMILES string of the molecule is Cc1cc(CC(=O)Cl)c(C)c(C)c1C. The van der Waals surface area contributed by atoms with Crippen molar-refractivity contribution >= 4 is 16.8 Å². The molecule has 14 heavy (non-hydrogen) atoms. The fourth-order valence-corrected chi connectivity index (χ4v) is 1.77. The second kappa shape index (κ2) is 4.14. The first-order valence-electron chi connectivity index (χ1n) is 4.68. The van der Waals surface area contributed by atoms with E-state index >= 15 is 0 Å². The van der Waals surface area contributed by atoms with Gasteiger partial charge in [-0.1, -0.05) is 6.07 Å². The number of aryl methyl sites for hydroxylation is 1. The van der Waals surface area contributed by atoms with Crippen molar-refractivity contribution in [1.29, 1.82) is 0 Å². The lowest BCUT2D eigenvalue weighted by molar-refractivity contribution is -0.111. The Hall–Kier alpha value is -0.820. The molecule has 0 N–H and O–H groups in total. The van der Waals surface area contributed by atoms with Crippen molar-refractivity contribution in [2.75, 3.05) is 0 Å². The Labute approximate surface area is 90.1 Å². The van der Waals surface area contributed by atoms with Crippen LogP contribution in [-0.2, 0) is 11.2 Å². The van der Waals surface area contributed by atoms with Crippen molar-refractivity contribution in [2.24, 2.45) is 0 Å². The van der Waals surface area contributed by atoms with Crippen LogP contribution in [0.1, 0.15) is 27.8 Å². The van der Waals surface area contributed by atoms with E-state index < -0.39 is 0 Å². The molecular weight excluding hydrogens is 196 g/mol. The van der Waals surface area contributed by atoms with Crippen molar-refractivity contribution in [3.63, 3.8) is 0 Å². The summed E-state index contributed by atoms with van der Waals surface area (Å²) in [6.45, 7) is 8.28. The predicted molar refractivity (Wildman–Crippen MR) is 60.0 cm³/mol. The molecule has 0 unspecified atom stereocenters. The van der Waals surface area contributed by atoms with E-state index in [1.807, 2.05) is 6.92 Å². The van der Waals surface area contributed by atoms with Crippen LogP contribution in [0.4, 0.5) is 0 Å². The highest BCUT2D eigenvalue weighted by Crippen LogP contribution is 2.21. The number of hydrogen-bond acceptors (Lipinski definition) is 1. The van der Waals surface area contributed by atoms with Crippen LogP contribution < -0.4 is 0 Å². The molecule has 0 saturated carbocycles. The lowest BCUT2D eigenvalue weighted by Crippen LogP contribution is -2.01. The molecule has 1 aromatic carbocycles. The molecule has 2 heteroatoms. The van der Waals surface area contributed by atoms with Crippen LogP contribution >= 0.6 is 11.6 Å². The summed E-state index contributed by atoms with van der Waals surface area (Å²) in [5.41, 5.74) is 6.01. The van der Waals surface area contributed by atoms with Gasteiger partial charge in [0, 0.05) is 6.42 Å². The standard InChI is InChI=1S/C12H15ClO/c1-7-5-11(6-12(13)14)10(4)9(3)8(7)2/h5H,6H2,1-4H3. The molecular formula is C12H15ClO. The van der Waals surface area contributed by atoms with Gasteiger partial charge >= 0.3 is 0 Å². The van der Waals surface area contributed by atoms with E-state index in [2.05, 4.69) is 26.8 Å². The zero-order valence-electron chi connectivity index (χ0n) is 9.07. The smallest absolute Gasteiger partial charge is 0.226 e. The lowest BCUT2D eigenvalue weighted by Gasteiger charge is -2.12. The van der Waals surface area contributed by atoms with Gasteiger partial charge in [-0.05, 0) is 67.1 Å². The minimum Gasteiger partial charge on any atom is -0.281 e. The van der Waals surface area contributed by atoms with Gasteiger partial charge in [-0.15, -0.1) is 0 Å². The zero-order valence-corrected chi connectivity index (χ0v) is 9.83. The minimum absolute atomic E-state index is 0.296. The Morgan fingerprint density at radius 1 is 1.14 bits per heavy atom. The number of benzene rings is 1. The number of carbonyl (C=O) groups is 1. The Kier molecular flexibility index (Phi) is 3.33. The van der Waals surface area contributed by atoms with Crippen LogP contribution in [0.5, 0.6) is 0 Å². The zero-order chi connectivity index (χ0) is 10.9. The number of halogens is 1. The van der Waals surface area contributed by atoms with Gasteiger partial charge in [-0.3, -0.25) is 4.79 Å². The first-order chi connectivity index (χ1) is 6.43. The van der Waals surface area contributed by atoms with Crippen LogP contribution in [-0.4, -0.2) is 5.24 Å². The highest BCUT2D eigenvalue weighted by Gasteiger charge is 2.09. The Morgan fingerprint density at radius 2 is 1.71 bits per heavy atom. The second-order valence-corrected chi connectivity index (χ2v) is 4.18. The molecule has 0 aliphatic rings. The summed E-state index contributed by atoms with van der Waals surface area (Å²) in [5.74, 6) is 0. The van der Waals surface area contributed by atoms with Crippen molar-refractivity contribution in [1.82, 2.24) is 0 Å². The van der Waals surface area contributed by atoms with E-state index in [0.29, 0.717) is 6.42 Å².